The van der Waals surface area contributed by atoms with Crippen molar-refractivity contribution in [1.82, 2.24) is 10.2 Å². The number of aliphatic hydroxyl groups is 1. The van der Waals surface area contributed by atoms with E-state index in [-0.39, 0.29) is 0 Å². The Morgan fingerprint density at radius 2 is 2.33 bits per heavy atom. The fraction of sp³-hybridized carbons (Fsp3) is 1.00. The summed E-state index contributed by atoms with van der Waals surface area (Å²) in [7, 11) is 0. The predicted octanol–water partition coefficient (Wildman–Crippen LogP) is -0.195. The van der Waals surface area contributed by atoms with Gasteiger partial charge in [0.1, 0.15) is 0 Å². The molecule has 3 nitrogen and oxygen atoms in total. The molecule has 2 unspecified atom stereocenters. The van der Waals surface area contributed by atoms with Crippen molar-refractivity contribution in [3.05, 3.63) is 0 Å². The zero-order chi connectivity index (χ0) is 8.39. The molecule has 12 heavy (non-hydrogen) atoms. The highest BCUT2D eigenvalue weighted by Gasteiger charge is 2.33. The Morgan fingerprint density at radius 1 is 1.42 bits per heavy atom. The smallest absolute Gasteiger partial charge is 0.0558 e. The van der Waals surface area contributed by atoms with Gasteiger partial charge in [-0.3, -0.25) is 4.90 Å². The van der Waals surface area contributed by atoms with Crippen LogP contribution in [0.15, 0.2) is 0 Å². The molecule has 0 spiro atoms. The van der Waals surface area contributed by atoms with E-state index < -0.39 is 0 Å². The number of hydrogen-bond donors (Lipinski definition) is 2. The number of fused-ring (bicyclic) bond motifs is 1. The molecule has 0 saturated carbocycles. The van der Waals surface area contributed by atoms with Gasteiger partial charge in [0.05, 0.1) is 6.61 Å². The number of aliphatic hydroxyl groups excluding tert-OH is 1. The lowest BCUT2D eigenvalue weighted by Crippen LogP contribution is -2.49. The van der Waals surface area contributed by atoms with Crippen molar-refractivity contribution in [2.45, 2.75) is 31.3 Å². The quantitative estimate of drug-likeness (QED) is 0.603. The summed E-state index contributed by atoms with van der Waals surface area (Å²) >= 11 is 0. The van der Waals surface area contributed by atoms with E-state index in [1.54, 1.807) is 0 Å². The summed E-state index contributed by atoms with van der Waals surface area (Å²) < 4.78 is 0. The number of hydrogen-bond acceptors (Lipinski definition) is 3. The van der Waals surface area contributed by atoms with Crippen LogP contribution in [0.3, 0.4) is 0 Å². The fourth-order valence-corrected chi connectivity index (χ4v) is 2.57. The fourth-order valence-electron chi connectivity index (χ4n) is 2.57. The molecular formula is C9H18N2O. The lowest BCUT2D eigenvalue weighted by atomic mass is 9.98. The highest BCUT2D eigenvalue weighted by molar-refractivity contribution is 4.93. The maximum Gasteiger partial charge on any atom is 0.0558 e. The Kier molecular flexibility index (Phi) is 2.63. The van der Waals surface area contributed by atoms with Crippen molar-refractivity contribution >= 4 is 0 Å². The molecule has 2 saturated heterocycles. The van der Waals surface area contributed by atoms with Crippen molar-refractivity contribution in [2.24, 2.45) is 0 Å². The van der Waals surface area contributed by atoms with Gasteiger partial charge in [0.15, 0.2) is 0 Å². The van der Waals surface area contributed by atoms with Crippen molar-refractivity contribution in [3.8, 4) is 0 Å². The Balaban J connectivity index is 1.94. The van der Waals surface area contributed by atoms with E-state index in [4.69, 9.17) is 5.11 Å². The van der Waals surface area contributed by atoms with E-state index in [1.165, 1.54) is 25.8 Å². The van der Waals surface area contributed by atoms with Crippen LogP contribution in [0.4, 0.5) is 0 Å². The van der Waals surface area contributed by atoms with Gasteiger partial charge in [0, 0.05) is 18.6 Å². The minimum Gasteiger partial charge on any atom is -0.395 e. The van der Waals surface area contributed by atoms with Crippen LogP contribution in [0.1, 0.15) is 19.3 Å². The second-order valence-corrected chi connectivity index (χ2v) is 3.82. The zero-order valence-electron chi connectivity index (χ0n) is 7.50. The summed E-state index contributed by atoms with van der Waals surface area (Å²) in [4.78, 5) is 2.44. The minimum atomic E-state index is 0.309. The molecule has 0 aromatic rings. The molecule has 0 aliphatic carbocycles. The van der Waals surface area contributed by atoms with Crippen molar-refractivity contribution in [2.75, 3.05) is 26.2 Å². The Labute approximate surface area is 73.8 Å². The molecule has 2 fully saturated rings. The van der Waals surface area contributed by atoms with Gasteiger partial charge < -0.3 is 10.4 Å². The third-order valence-electron chi connectivity index (χ3n) is 3.13. The van der Waals surface area contributed by atoms with Crippen LogP contribution in [-0.2, 0) is 0 Å². The van der Waals surface area contributed by atoms with Crippen LogP contribution in [-0.4, -0.2) is 48.3 Å². The van der Waals surface area contributed by atoms with E-state index in [9.17, 15) is 0 Å². The summed E-state index contributed by atoms with van der Waals surface area (Å²) in [5, 5.41) is 12.4. The van der Waals surface area contributed by atoms with Crippen LogP contribution in [0.25, 0.3) is 0 Å². The largest absolute Gasteiger partial charge is 0.395 e. The molecule has 0 aromatic heterocycles. The lowest BCUT2D eigenvalue weighted by Gasteiger charge is -2.36. The van der Waals surface area contributed by atoms with E-state index in [0.29, 0.717) is 18.7 Å². The molecule has 2 rings (SSSR count). The van der Waals surface area contributed by atoms with Crippen LogP contribution in [0.5, 0.6) is 0 Å². The molecule has 2 aliphatic rings. The maximum atomic E-state index is 8.88. The number of nitrogens with one attached hydrogen (secondary N) is 1. The van der Waals surface area contributed by atoms with Crippen molar-refractivity contribution in [3.63, 3.8) is 0 Å². The Bertz CT molecular complexity index is 149. The molecule has 2 aliphatic heterocycles. The molecule has 2 heterocycles. The van der Waals surface area contributed by atoms with Crippen LogP contribution < -0.4 is 5.32 Å². The Morgan fingerprint density at radius 3 is 3.17 bits per heavy atom. The van der Waals surface area contributed by atoms with Gasteiger partial charge in [0.2, 0.25) is 0 Å². The monoisotopic (exact) mass is 170 g/mol. The van der Waals surface area contributed by atoms with Crippen LogP contribution in [0.2, 0.25) is 0 Å². The molecule has 0 aromatic carbocycles. The third kappa shape index (κ3) is 1.49. The molecule has 70 valence electrons. The number of β-amino-alcohol motifs (C(OH)–C–C–N with tert-alkyl or cyclic N) is 1. The van der Waals surface area contributed by atoms with E-state index in [1.807, 2.05) is 0 Å². The summed E-state index contributed by atoms with van der Waals surface area (Å²) in [5.41, 5.74) is 0. The van der Waals surface area contributed by atoms with Crippen molar-refractivity contribution < 1.29 is 5.11 Å². The van der Waals surface area contributed by atoms with E-state index >= 15 is 0 Å². The van der Waals surface area contributed by atoms with Gasteiger partial charge in [-0.15, -0.1) is 0 Å². The van der Waals surface area contributed by atoms with Crippen molar-refractivity contribution in [1.29, 1.82) is 0 Å². The normalized spacial score (nSPS) is 36.8. The van der Waals surface area contributed by atoms with E-state index in [0.717, 1.165) is 13.1 Å². The van der Waals surface area contributed by atoms with Crippen LogP contribution in [0, 0.1) is 0 Å². The average molecular weight is 170 g/mol. The molecule has 0 radical (unpaired) electrons. The Hall–Kier alpha value is -0.120. The number of rotatable bonds is 2. The van der Waals surface area contributed by atoms with Crippen LogP contribution >= 0.6 is 0 Å². The predicted molar refractivity (Wildman–Crippen MR) is 48.1 cm³/mol. The second-order valence-electron chi connectivity index (χ2n) is 3.82. The first kappa shape index (κ1) is 8.48. The van der Waals surface area contributed by atoms with Gasteiger partial charge >= 0.3 is 0 Å². The molecule has 0 bridgehead atoms. The standard InChI is InChI=1S/C9H18N2O/c12-7-6-11-5-1-2-8-9(11)3-4-10-8/h8-10,12H,1-7H2. The topological polar surface area (TPSA) is 35.5 Å². The molecule has 0 amide bonds. The number of piperidine rings is 1. The average Bonchev–Trinajstić information content (AvgIpc) is 2.53. The first-order valence-corrected chi connectivity index (χ1v) is 5.00. The van der Waals surface area contributed by atoms with Gasteiger partial charge in [-0.2, -0.15) is 0 Å². The van der Waals surface area contributed by atoms with Gasteiger partial charge in [-0.05, 0) is 32.4 Å². The molecule has 2 N–H and O–H groups in total. The highest BCUT2D eigenvalue weighted by Crippen LogP contribution is 2.23. The first-order chi connectivity index (χ1) is 5.92. The second kappa shape index (κ2) is 3.73. The summed E-state index contributed by atoms with van der Waals surface area (Å²) in [6.45, 7) is 3.52. The lowest BCUT2D eigenvalue weighted by molar-refractivity contribution is 0.110. The molecular weight excluding hydrogens is 152 g/mol. The summed E-state index contributed by atoms with van der Waals surface area (Å²) in [6.07, 6.45) is 3.88. The van der Waals surface area contributed by atoms with Gasteiger partial charge in [-0.25, -0.2) is 0 Å². The zero-order valence-corrected chi connectivity index (χ0v) is 7.50. The van der Waals surface area contributed by atoms with Gasteiger partial charge in [-0.1, -0.05) is 0 Å². The third-order valence-corrected chi connectivity index (χ3v) is 3.13. The minimum absolute atomic E-state index is 0.309. The SMILES string of the molecule is OCCN1CCCC2NCCC21. The highest BCUT2D eigenvalue weighted by atomic mass is 16.3. The summed E-state index contributed by atoms with van der Waals surface area (Å²) in [5.74, 6) is 0. The maximum absolute atomic E-state index is 8.88. The first-order valence-electron chi connectivity index (χ1n) is 5.00. The molecule has 2 atom stereocenters. The number of nitrogens with zero attached hydrogens (tertiary/aromatic N) is 1. The van der Waals surface area contributed by atoms with E-state index in [2.05, 4.69) is 10.2 Å². The van der Waals surface area contributed by atoms with Gasteiger partial charge in [0.25, 0.3) is 0 Å². The summed E-state index contributed by atoms with van der Waals surface area (Å²) in [6, 6.07) is 1.43. The number of likely N-dealkylation sites (tertiary alicyclic amines) is 1. The molecule has 3 heteroatoms.